The summed E-state index contributed by atoms with van der Waals surface area (Å²) in [7, 11) is 1.60. The van der Waals surface area contributed by atoms with Crippen molar-refractivity contribution in [3.63, 3.8) is 0 Å². The van der Waals surface area contributed by atoms with Crippen molar-refractivity contribution in [3.8, 4) is 11.4 Å². The molecule has 0 atom stereocenters. The lowest BCUT2D eigenvalue weighted by molar-refractivity contribution is 0.412. The average Bonchev–Trinajstić information content (AvgIpc) is 2.71. The second-order valence-electron chi connectivity index (χ2n) is 3.79. The second kappa shape index (κ2) is 5.59. The summed E-state index contributed by atoms with van der Waals surface area (Å²) in [6.45, 7) is 2.07. The minimum absolute atomic E-state index is 0.305. The summed E-state index contributed by atoms with van der Waals surface area (Å²) < 4.78 is 7.08. The molecule has 1 aromatic heterocycles. The van der Waals surface area contributed by atoms with Crippen molar-refractivity contribution >= 4 is 23.2 Å². The number of hydrogen-bond donors (Lipinski definition) is 0. The van der Waals surface area contributed by atoms with Crippen LogP contribution in [0.4, 0.5) is 0 Å². The monoisotopic (exact) mass is 285 g/mol. The summed E-state index contributed by atoms with van der Waals surface area (Å²) in [5.41, 5.74) is 0.753. The van der Waals surface area contributed by atoms with E-state index in [9.17, 15) is 0 Å². The SMILES string of the molecule is CCCc1nnc(Cl)n1-c1cc(Cl)ccc1OC. The smallest absolute Gasteiger partial charge is 0.229 e. The lowest BCUT2D eigenvalue weighted by Gasteiger charge is -2.12. The molecule has 4 nitrogen and oxygen atoms in total. The molecule has 0 aliphatic heterocycles. The molecule has 0 saturated heterocycles. The lowest BCUT2D eigenvalue weighted by Crippen LogP contribution is -2.03. The van der Waals surface area contributed by atoms with Gasteiger partial charge in [0.1, 0.15) is 11.6 Å². The number of rotatable bonds is 4. The number of nitrogens with zero attached hydrogens (tertiary/aromatic N) is 3. The summed E-state index contributed by atoms with van der Waals surface area (Å²) in [4.78, 5) is 0. The summed E-state index contributed by atoms with van der Waals surface area (Å²) in [5.74, 6) is 1.47. The molecule has 6 heteroatoms. The molecule has 0 spiro atoms. The molecule has 0 bridgehead atoms. The highest BCUT2D eigenvalue weighted by molar-refractivity contribution is 6.31. The van der Waals surface area contributed by atoms with Crippen LogP contribution in [0.5, 0.6) is 5.75 Å². The molecule has 96 valence electrons. The Hall–Kier alpha value is -1.26. The molecule has 1 heterocycles. The maximum atomic E-state index is 6.09. The molecule has 0 radical (unpaired) electrons. The van der Waals surface area contributed by atoms with Crippen LogP contribution in [-0.4, -0.2) is 21.9 Å². The van der Waals surface area contributed by atoms with Gasteiger partial charge in [-0.1, -0.05) is 18.5 Å². The molecular weight excluding hydrogens is 273 g/mol. The Labute approximate surface area is 115 Å². The van der Waals surface area contributed by atoms with Crippen molar-refractivity contribution in [2.45, 2.75) is 19.8 Å². The van der Waals surface area contributed by atoms with Crippen LogP contribution in [0.3, 0.4) is 0 Å². The van der Waals surface area contributed by atoms with Gasteiger partial charge in [-0.2, -0.15) is 0 Å². The van der Waals surface area contributed by atoms with Gasteiger partial charge in [0, 0.05) is 11.4 Å². The van der Waals surface area contributed by atoms with E-state index < -0.39 is 0 Å². The molecule has 0 aliphatic carbocycles. The van der Waals surface area contributed by atoms with Gasteiger partial charge in [-0.3, -0.25) is 4.57 Å². The molecule has 0 N–H and O–H groups in total. The zero-order valence-electron chi connectivity index (χ0n) is 10.2. The number of hydrogen-bond acceptors (Lipinski definition) is 3. The van der Waals surface area contributed by atoms with Crippen LogP contribution in [0.1, 0.15) is 19.2 Å². The van der Waals surface area contributed by atoms with Gasteiger partial charge in [0.25, 0.3) is 0 Å². The maximum absolute atomic E-state index is 6.09. The van der Waals surface area contributed by atoms with E-state index in [1.165, 1.54) is 0 Å². The summed E-state index contributed by atoms with van der Waals surface area (Å²) in [5, 5.41) is 8.88. The first-order valence-corrected chi connectivity index (χ1v) is 6.36. The molecule has 2 aromatic rings. The average molecular weight is 286 g/mol. The van der Waals surface area contributed by atoms with E-state index in [0.717, 1.165) is 24.4 Å². The van der Waals surface area contributed by atoms with Crippen LogP contribution < -0.4 is 4.74 Å². The first-order chi connectivity index (χ1) is 8.67. The predicted molar refractivity (Wildman–Crippen MR) is 71.9 cm³/mol. The normalized spacial score (nSPS) is 10.7. The highest BCUT2D eigenvalue weighted by atomic mass is 35.5. The third-order valence-electron chi connectivity index (χ3n) is 2.55. The Morgan fingerprint density at radius 3 is 2.72 bits per heavy atom. The van der Waals surface area contributed by atoms with Crippen molar-refractivity contribution in [1.29, 1.82) is 0 Å². The first kappa shape index (κ1) is 13.2. The van der Waals surface area contributed by atoms with Crippen molar-refractivity contribution in [1.82, 2.24) is 14.8 Å². The fourth-order valence-corrected chi connectivity index (χ4v) is 2.15. The number of methoxy groups -OCH3 is 1. The van der Waals surface area contributed by atoms with Gasteiger partial charge in [0.15, 0.2) is 0 Å². The maximum Gasteiger partial charge on any atom is 0.229 e. The quantitative estimate of drug-likeness (QED) is 0.863. The molecule has 1 aromatic carbocycles. The van der Waals surface area contributed by atoms with Crippen LogP contribution in [0, 0.1) is 0 Å². The third kappa shape index (κ3) is 2.44. The Kier molecular flexibility index (Phi) is 4.09. The van der Waals surface area contributed by atoms with Crippen LogP contribution in [0.15, 0.2) is 18.2 Å². The minimum atomic E-state index is 0.305. The lowest BCUT2D eigenvalue weighted by atomic mass is 10.2. The molecule has 0 fully saturated rings. The summed E-state index contributed by atoms with van der Waals surface area (Å²) in [6.07, 6.45) is 1.74. The van der Waals surface area contributed by atoms with Gasteiger partial charge in [-0.25, -0.2) is 0 Å². The Bertz CT molecular complexity index is 554. The van der Waals surface area contributed by atoms with Crippen molar-refractivity contribution in [2.24, 2.45) is 0 Å². The molecule has 0 amide bonds. The van der Waals surface area contributed by atoms with E-state index in [1.807, 2.05) is 0 Å². The molecule has 2 rings (SSSR count). The van der Waals surface area contributed by atoms with Gasteiger partial charge in [0.2, 0.25) is 5.28 Å². The fourth-order valence-electron chi connectivity index (χ4n) is 1.76. The second-order valence-corrected chi connectivity index (χ2v) is 4.56. The first-order valence-electron chi connectivity index (χ1n) is 5.61. The van der Waals surface area contributed by atoms with Crippen LogP contribution >= 0.6 is 23.2 Å². The van der Waals surface area contributed by atoms with Crippen LogP contribution in [0.2, 0.25) is 10.3 Å². The Balaban J connectivity index is 2.60. The zero-order valence-corrected chi connectivity index (χ0v) is 11.7. The molecular formula is C12H13Cl2N3O. The van der Waals surface area contributed by atoms with Gasteiger partial charge >= 0.3 is 0 Å². The number of ether oxygens (including phenoxy) is 1. The van der Waals surface area contributed by atoms with Gasteiger partial charge in [-0.15, -0.1) is 10.2 Å². The molecule has 0 unspecified atom stereocenters. The topological polar surface area (TPSA) is 39.9 Å². The van der Waals surface area contributed by atoms with E-state index in [0.29, 0.717) is 16.1 Å². The minimum Gasteiger partial charge on any atom is -0.495 e. The van der Waals surface area contributed by atoms with E-state index in [1.54, 1.807) is 29.9 Å². The highest BCUT2D eigenvalue weighted by Gasteiger charge is 2.15. The van der Waals surface area contributed by atoms with Crippen LogP contribution in [-0.2, 0) is 6.42 Å². The number of halogens is 2. The van der Waals surface area contributed by atoms with E-state index in [2.05, 4.69) is 17.1 Å². The van der Waals surface area contributed by atoms with Gasteiger partial charge in [0.05, 0.1) is 12.8 Å². The van der Waals surface area contributed by atoms with E-state index in [-0.39, 0.29) is 0 Å². The Morgan fingerprint density at radius 1 is 1.28 bits per heavy atom. The fraction of sp³-hybridized carbons (Fsp3) is 0.333. The third-order valence-corrected chi connectivity index (χ3v) is 3.03. The molecule has 0 saturated carbocycles. The summed E-state index contributed by atoms with van der Waals surface area (Å²) >= 11 is 12.1. The molecule has 18 heavy (non-hydrogen) atoms. The molecule has 0 aliphatic rings. The van der Waals surface area contributed by atoms with E-state index >= 15 is 0 Å². The van der Waals surface area contributed by atoms with Crippen molar-refractivity contribution < 1.29 is 4.74 Å². The number of aromatic nitrogens is 3. The Morgan fingerprint density at radius 2 is 2.06 bits per heavy atom. The number of aryl methyl sites for hydroxylation is 1. The summed E-state index contributed by atoms with van der Waals surface area (Å²) in [6, 6.07) is 5.35. The highest BCUT2D eigenvalue weighted by Crippen LogP contribution is 2.29. The zero-order chi connectivity index (χ0) is 13.1. The van der Waals surface area contributed by atoms with Gasteiger partial charge in [-0.05, 0) is 36.2 Å². The van der Waals surface area contributed by atoms with Crippen molar-refractivity contribution in [2.75, 3.05) is 7.11 Å². The van der Waals surface area contributed by atoms with E-state index in [4.69, 9.17) is 27.9 Å². The number of benzene rings is 1. The van der Waals surface area contributed by atoms with Crippen molar-refractivity contribution in [3.05, 3.63) is 34.3 Å². The standard InChI is InChI=1S/C12H13Cl2N3O/c1-3-4-11-15-16-12(14)17(11)9-7-8(13)5-6-10(9)18-2/h5-7H,3-4H2,1-2H3. The largest absolute Gasteiger partial charge is 0.495 e. The van der Waals surface area contributed by atoms with Gasteiger partial charge < -0.3 is 4.74 Å². The predicted octanol–water partition coefficient (Wildman–Crippen LogP) is 3.54. The van der Waals surface area contributed by atoms with Crippen LogP contribution in [0.25, 0.3) is 5.69 Å².